The molecular weight excluding hydrogens is 540 g/mol. The van der Waals surface area contributed by atoms with Gasteiger partial charge in [0.25, 0.3) is 10.1 Å². The largest absolute Gasteiger partial charge is 0.456 e. The van der Waals surface area contributed by atoms with E-state index in [4.69, 9.17) is 4.42 Å². The topological polar surface area (TPSA) is 123 Å². The number of anilines is 2. The first-order valence-electron chi connectivity index (χ1n) is 13.3. The number of fused-ring (bicyclic) bond motifs is 2. The Hall–Kier alpha value is -4.02. The second kappa shape index (κ2) is 11.5. The van der Waals surface area contributed by atoms with Crippen molar-refractivity contribution in [2.45, 2.75) is 25.7 Å². The highest BCUT2D eigenvalue weighted by atomic mass is 32.2. The van der Waals surface area contributed by atoms with Crippen LogP contribution in [-0.4, -0.2) is 49.5 Å². The summed E-state index contributed by atoms with van der Waals surface area (Å²) in [7, 11) is -4.52. The molecule has 1 heterocycles. The Morgan fingerprint density at radius 2 is 1.51 bits per heavy atom. The van der Waals surface area contributed by atoms with Crippen molar-refractivity contribution in [3.63, 3.8) is 0 Å². The minimum absolute atomic E-state index is 0.0905. The lowest BCUT2D eigenvalue weighted by molar-refractivity contribution is 0.250. The molecule has 8 nitrogen and oxygen atoms in total. The summed E-state index contributed by atoms with van der Waals surface area (Å²) in [6, 6.07) is 21.7. The van der Waals surface area contributed by atoms with Crippen molar-refractivity contribution in [1.82, 2.24) is 4.58 Å². The summed E-state index contributed by atoms with van der Waals surface area (Å²) in [6.07, 6.45) is 0. The van der Waals surface area contributed by atoms with Gasteiger partial charge in [-0.1, -0.05) is 35.9 Å². The van der Waals surface area contributed by atoms with Crippen molar-refractivity contribution in [3.05, 3.63) is 94.8 Å². The molecule has 41 heavy (non-hydrogen) atoms. The number of hydrogen-bond acceptors (Lipinski definition) is 6. The quantitative estimate of drug-likeness (QED) is 0.119. The van der Waals surface area contributed by atoms with Gasteiger partial charge < -0.3 is 19.9 Å². The molecular formula is C32H33N2O6S+. The molecule has 0 amide bonds. The molecule has 0 radical (unpaired) electrons. The number of aliphatic hydroxyl groups is 2. The van der Waals surface area contributed by atoms with E-state index < -0.39 is 10.1 Å². The normalized spacial score (nSPS) is 11.8. The molecule has 0 saturated carbocycles. The number of rotatable bonds is 8. The number of aliphatic hydroxyl groups excluding tert-OH is 2. The van der Waals surface area contributed by atoms with Crippen LogP contribution in [0.15, 0.2) is 82.1 Å². The van der Waals surface area contributed by atoms with Crippen LogP contribution in [0.1, 0.15) is 16.7 Å². The molecule has 212 valence electrons. The Morgan fingerprint density at radius 3 is 2.17 bits per heavy atom. The number of aryl methyl sites for hydroxylation is 3. The minimum atomic E-state index is -4.52. The van der Waals surface area contributed by atoms with Gasteiger partial charge in [-0.15, -0.1) is 0 Å². The molecule has 0 fully saturated rings. The fourth-order valence-electron chi connectivity index (χ4n) is 5.47. The van der Waals surface area contributed by atoms with Crippen molar-refractivity contribution in [1.29, 1.82) is 0 Å². The number of benzene rings is 4. The van der Waals surface area contributed by atoms with E-state index in [9.17, 15) is 23.2 Å². The van der Waals surface area contributed by atoms with E-state index in [1.165, 1.54) is 11.6 Å². The second-order valence-corrected chi connectivity index (χ2v) is 11.6. The highest BCUT2D eigenvalue weighted by Crippen LogP contribution is 2.43. The van der Waals surface area contributed by atoms with Crippen molar-refractivity contribution in [3.8, 4) is 22.5 Å². The smallest absolute Gasteiger partial charge is 0.295 e. The summed E-state index contributed by atoms with van der Waals surface area (Å²) in [5.41, 5.74) is 7.31. The average molecular weight is 574 g/mol. The first-order chi connectivity index (χ1) is 19.6. The van der Waals surface area contributed by atoms with Crippen molar-refractivity contribution in [2.24, 2.45) is 0 Å². The van der Waals surface area contributed by atoms with Gasteiger partial charge in [0.05, 0.1) is 6.07 Å². The third kappa shape index (κ3) is 5.75. The van der Waals surface area contributed by atoms with Crippen molar-refractivity contribution < 1.29 is 27.6 Å². The number of nitrogens with one attached hydrogen (secondary N) is 1. The van der Waals surface area contributed by atoms with Crippen LogP contribution in [0, 0.1) is 20.8 Å². The second-order valence-electron chi connectivity index (χ2n) is 10.2. The molecule has 1 aliphatic carbocycles. The predicted molar refractivity (Wildman–Crippen MR) is 161 cm³/mol. The van der Waals surface area contributed by atoms with E-state index in [1.807, 2.05) is 41.0 Å². The van der Waals surface area contributed by atoms with Gasteiger partial charge in [-0.3, -0.25) is 4.55 Å². The Bertz CT molecular complexity index is 1880. The lowest BCUT2D eigenvalue weighted by Gasteiger charge is -2.18. The van der Waals surface area contributed by atoms with Crippen LogP contribution in [0.25, 0.3) is 33.4 Å². The van der Waals surface area contributed by atoms with Crippen LogP contribution in [0.4, 0.5) is 11.4 Å². The molecule has 9 heteroatoms. The Kier molecular flexibility index (Phi) is 7.97. The van der Waals surface area contributed by atoms with Gasteiger partial charge in [-0.05, 0) is 56.2 Å². The third-order valence-corrected chi connectivity index (χ3v) is 8.10. The van der Waals surface area contributed by atoms with Crippen LogP contribution in [0.5, 0.6) is 0 Å². The van der Waals surface area contributed by atoms with E-state index in [-0.39, 0.29) is 18.1 Å². The van der Waals surface area contributed by atoms with Crippen LogP contribution in [0.3, 0.4) is 0 Å². The molecule has 0 unspecified atom stereocenters. The first kappa shape index (κ1) is 28.5. The minimum Gasteiger partial charge on any atom is -0.456 e. The number of hydrogen-bond donors (Lipinski definition) is 4. The van der Waals surface area contributed by atoms with Gasteiger partial charge in [0.2, 0.25) is 5.36 Å². The molecule has 0 aromatic heterocycles. The Labute approximate surface area is 238 Å². The molecule has 3 aromatic rings. The third-order valence-electron chi connectivity index (χ3n) is 7.19. The molecule has 4 N–H and O–H groups in total. The highest BCUT2D eigenvalue weighted by Gasteiger charge is 2.24. The zero-order valence-electron chi connectivity index (χ0n) is 23.2. The molecule has 0 bridgehead atoms. The predicted octanol–water partition coefficient (Wildman–Crippen LogP) is 4.88. The summed E-state index contributed by atoms with van der Waals surface area (Å²) >= 11 is 0. The Balaban J connectivity index is 1.81. The summed E-state index contributed by atoms with van der Waals surface area (Å²) in [5.74, 6) is 0.482. The van der Waals surface area contributed by atoms with E-state index in [1.54, 1.807) is 18.2 Å². The number of nitrogens with zero attached hydrogens (tertiary/aromatic N) is 1. The van der Waals surface area contributed by atoms with Gasteiger partial charge in [0, 0.05) is 45.6 Å². The lowest BCUT2D eigenvalue weighted by atomic mass is 9.93. The molecule has 5 rings (SSSR count). The Morgan fingerprint density at radius 1 is 0.829 bits per heavy atom. The summed E-state index contributed by atoms with van der Waals surface area (Å²) in [5, 5.41) is 24.0. The van der Waals surface area contributed by atoms with Crippen molar-refractivity contribution in [2.75, 3.05) is 31.6 Å². The van der Waals surface area contributed by atoms with Crippen LogP contribution < -0.4 is 15.2 Å². The molecule has 2 aliphatic rings. The van der Waals surface area contributed by atoms with Gasteiger partial charge in [0.1, 0.15) is 29.5 Å². The SMILES string of the molecule is Cc1cc(C)c(Nc2ccc3c(-c4ccccc4S(=O)(=O)O)c4ccc(=[N+](CCO)CCO)cc-4oc3c2)c(C)c1. The average Bonchev–Trinajstić information content (AvgIpc) is 2.92. The zero-order chi connectivity index (χ0) is 29.3. The van der Waals surface area contributed by atoms with E-state index >= 15 is 0 Å². The fourth-order valence-corrected chi connectivity index (χ4v) is 6.17. The van der Waals surface area contributed by atoms with Gasteiger partial charge in [0.15, 0.2) is 13.1 Å². The fraction of sp³-hybridized carbons (Fsp3) is 0.219. The maximum absolute atomic E-state index is 12.4. The molecule has 1 aliphatic heterocycles. The summed E-state index contributed by atoms with van der Waals surface area (Å²) in [4.78, 5) is -0.201. The molecule has 0 spiro atoms. The van der Waals surface area contributed by atoms with E-state index in [2.05, 4.69) is 38.2 Å². The monoisotopic (exact) mass is 573 g/mol. The standard InChI is InChI=1S/C32H32N2O6S/c1-20-16-21(2)32(22(3)17-20)33-23-8-10-25-28(18-23)40-29-19-24(34(12-14-35)13-15-36)9-11-26(29)31(25)27-6-4-5-7-30(27)41(37,38)39/h4-11,16-19,35-36H,12-15H2,1-3H3,(H,37,38,39)/p+1. The molecule has 0 saturated heterocycles. The lowest BCUT2D eigenvalue weighted by Crippen LogP contribution is -2.34. The van der Waals surface area contributed by atoms with Crippen LogP contribution >= 0.6 is 0 Å². The summed E-state index contributed by atoms with van der Waals surface area (Å²) < 4.78 is 43.1. The van der Waals surface area contributed by atoms with Crippen molar-refractivity contribution >= 4 is 32.5 Å². The van der Waals surface area contributed by atoms with Gasteiger partial charge >= 0.3 is 0 Å². The van der Waals surface area contributed by atoms with Gasteiger partial charge in [-0.25, -0.2) is 4.58 Å². The summed E-state index contributed by atoms with van der Waals surface area (Å²) in [6.45, 7) is 6.63. The van der Waals surface area contributed by atoms with Crippen LogP contribution in [0.2, 0.25) is 0 Å². The molecule has 0 atom stereocenters. The van der Waals surface area contributed by atoms with E-state index in [0.29, 0.717) is 46.5 Å². The van der Waals surface area contributed by atoms with Crippen LogP contribution in [-0.2, 0) is 10.1 Å². The first-order valence-corrected chi connectivity index (χ1v) is 14.8. The van der Waals surface area contributed by atoms with Gasteiger partial charge in [-0.2, -0.15) is 8.42 Å². The maximum Gasteiger partial charge on any atom is 0.295 e. The van der Waals surface area contributed by atoms with E-state index in [0.717, 1.165) is 27.9 Å². The zero-order valence-corrected chi connectivity index (χ0v) is 24.0. The highest BCUT2D eigenvalue weighted by molar-refractivity contribution is 7.86. The molecule has 3 aromatic carbocycles. The maximum atomic E-state index is 12.4.